The van der Waals surface area contributed by atoms with E-state index in [2.05, 4.69) is 4.90 Å². The van der Waals surface area contributed by atoms with E-state index in [0.717, 1.165) is 28.9 Å². The molecule has 1 aliphatic rings. The van der Waals surface area contributed by atoms with Gasteiger partial charge in [-0.05, 0) is 83.4 Å². The number of carbonyl (C=O) groups is 1. The van der Waals surface area contributed by atoms with Crippen LogP contribution >= 0.6 is 23.7 Å². The van der Waals surface area contributed by atoms with Gasteiger partial charge in [-0.1, -0.05) is 11.3 Å². The maximum Gasteiger partial charge on any atom is 0.260 e. The number of nitrogens with zero attached hydrogens (tertiary/aromatic N) is 4. The minimum atomic E-state index is -3.69. The van der Waals surface area contributed by atoms with E-state index in [0.29, 0.717) is 30.3 Å². The van der Waals surface area contributed by atoms with Crippen molar-refractivity contribution in [1.29, 1.82) is 0 Å². The van der Waals surface area contributed by atoms with E-state index in [1.165, 1.54) is 27.8 Å². The number of ether oxygens (including phenoxy) is 2. The molecular formula is C26H35ClN4O5S2. The minimum Gasteiger partial charge on any atom is -0.497 e. The van der Waals surface area contributed by atoms with Crippen molar-refractivity contribution in [2.24, 2.45) is 0 Å². The van der Waals surface area contributed by atoms with Crippen LogP contribution < -0.4 is 9.64 Å². The number of morpholine rings is 1. The van der Waals surface area contributed by atoms with Crippen molar-refractivity contribution in [3.63, 3.8) is 0 Å². The first kappa shape index (κ1) is 30.3. The number of rotatable bonds is 9. The number of methoxy groups -OCH3 is 1. The van der Waals surface area contributed by atoms with Crippen LogP contribution in [0.4, 0.5) is 5.13 Å². The number of sulfonamides is 1. The normalized spacial score (nSPS) is 18.4. The zero-order valence-corrected chi connectivity index (χ0v) is 24.7. The number of thiazole rings is 1. The third kappa shape index (κ3) is 6.83. The largest absolute Gasteiger partial charge is 0.497 e. The van der Waals surface area contributed by atoms with E-state index < -0.39 is 10.0 Å². The van der Waals surface area contributed by atoms with Gasteiger partial charge in [0, 0.05) is 25.2 Å². The quantitative estimate of drug-likeness (QED) is 0.375. The third-order valence-corrected chi connectivity index (χ3v) is 9.06. The van der Waals surface area contributed by atoms with Crippen LogP contribution in [0.15, 0.2) is 47.4 Å². The van der Waals surface area contributed by atoms with Gasteiger partial charge in [0.25, 0.3) is 5.91 Å². The Balaban J connectivity index is 0.00000400. The highest BCUT2D eigenvalue weighted by atomic mass is 35.5. The second-order valence-corrected chi connectivity index (χ2v) is 12.5. The summed E-state index contributed by atoms with van der Waals surface area (Å²) < 4.78 is 39.8. The predicted octanol–water partition coefficient (Wildman–Crippen LogP) is 4.12. The van der Waals surface area contributed by atoms with Gasteiger partial charge in [-0.25, -0.2) is 13.4 Å². The van der Waals surface area contributed by atoms with E-state index in [9.17, 15) is 13.2 Å². The number of benzene rings is 2. The topological polar surface area (TPSA) is 92.3 Å². The summed E-state index contributed by atoms with van der Waals surface area (Å²) in [7, 11) is 1.91. The lowest BCUT2D eigenvalue weighted by Gasteiger charge is -2.34. The number of carbonyl (C=O) groups excluding carboxylic acids is 1. The van der Waals surface area contributed by atoms with Crippen molar-refractivity contribution in [2.45, 2.75) is 37.4 Å². The number of hydrogen-bond acceptors (Lipinski definition) is 8. The molecule has 1 aromatic heterocycles. The van der Waals surface area contributed by atoms with Crippen LogP contribution in [-0.2, 0) is 14.8 Å². The Morgan fingerprint density at radius 2 is 1.76 bits per heavy atom. The highest BCUT2D eigenvalue weighted by Crippen LogP contribution is 2.32. The standard InChI is InChI=1S/C26H34N4O5S2.ClH/c1-18-16-29(17-19(2)35-18)37(32,33)22-10-7-20(8-11-22)25(31)30(14-6-13-28(3)4)26-27-23-12-9-21(34-5)15-24(23)36-26;/h7-12,15,18-19H,6,13-14,16-17H2,1-5H3;1H. The van der Waals surface area contributed by atoms with E-state index in [-0.39, 0.29) is 35.4 Å². The van der Waals surface area contributed by atoms with E-state index in [1.807, 2.05) is 46.1 Å². The van der Waals surface area contributed by atoms with Gasteiger partial charge in [-0.2, -0.15) is 4.31 Å². The SMILES string of the molecule is COc1ccc2nc(N(CCCN(C)C)C(=O)c3ccc(S(=O)(=O)N4CC(C)OC(C)C4)cc3)sc2c1.Cl. The van der Waals surface area contributed by atoms with Crippen LogP contribution in [0, 0.1) is 0 Å². The highest BCUT2D eigenvalue weighted by molar-refractivity contribution is 7.89. The third-order valence-electron chi connectivity index (χ3n) is 6.17. The summed E-state index contributed by atoms with van der Waals surface area (Å²) in [5, 5.41) is 0.597. The average Bonchev–Trinajstić information content (AvgIpc) is 3.28. The van der Waals surface area contributed by atoms with E-state index in [4.69, 9.17) is 14.5 Å². The van der Waals surface area contributed by atoms with Gasteiger partial charge >= 0.3 is 0 Å². The van der Waals surface area contributed by atoms with Crippen LogP contribution in [0.5, 0.6) is 5.75 Å². The molecule has 3 aromatic rings. The molecule has 1 amide bonds. The second kappa shape index (κ2) is 12.7. The fourth-order valence-corrected chi connectivity index (χ4v) is 6.97. The molecule has 0 radical (unpaired) electrons. The number of halogens is 1. The average molecular weight is 583 g/mol. The molecule has 0 bridgehead atoms. The molecule has 2 unspecified atom stereocenters. The molecule has 1 aliphatic heterocycles. The maximum absolute atomic E-state index is 13.6. The Bertz CT molecular complexity index is 1340. The van der Waals surface area contributed by atoms with Gasteiger partial charge in [0.15, 0.2) is 5.13 Å². The number of anilines is 1. The van der Waals surface area contributed by atoms with Crippen LogP contribution in [0.3, 0.4) is 0 Å². The van der Waals surface area contributed by atoms with Crippen molar-refractivity contribution in [1.82, 2.24) is 14.2 Å². The Morgan fingerprint density at radius 3 is 2.37 bits per heavy atom. The lowest BCUT2D eigenvalue weighted by Crippen LogP contribution is -2.48. The van der Waals surface area contributed by atoms with E-state index in [1.54, 1.807) is 24.1 Å². The van der Waals surface area contributed by atoms with Gasteiger partial charge in [-0.15, -0.1) is 12.4 Å². The Hall–Kier alpha value is -2.28. The van der Waals surface area contributed by atoms with E-state index >= 15 is 0 Å². The van der Waals surface area contributed by atoms with Gasteiger partial charge < -0.3 is 14.4 Å². The number of aromatic nitrogens is 1. The van der Waals surface area contributed by atoms with Crippen molar-refractivity contribution in [3.05, 3.63) is 48.0 Å². The summed E-state index contributed by atoms with van der Waals surface area (Å²) in [4.78, 5) is 22.3. The maximum atomic E-state index is 13.6. The van der Waals surface area contributed by atoms with Gasteiger partial charge in [0.05, 0.1) is 34.4 Å². The molecule has 0 saturated carbocycles. The molecule has 1 saturated heterocycles. The molecule has 4 rings (SSSR count). The molecule has 1 fully saturated rings. The predicted molar refractivity (Wildman–Crippen MR) is 153 cm³/mol. The summed E-state index contributed by atoms with van der Waals surface area (Å²) in [6, 6.07) is 11.8. The lowest BCUT2D eigenvalue weighted by atomic mass is 10.2. The summed E-state index contributed by atoms with van der Waals surface area (Å²) in [5.41, 5.74) is 1.20. The number of hydrogen-bond donors (Lipinski definition) is 0. The highest BCUT2D eigenvalue weighted by Gasteiger charge is 2.32. The molecule has 2 heterocycles. The Labute approximate surface area is 234 Å². The van der Waals surface area contributed by atoms with Crippen LogP contribution in [-0.4, -0.2) is 88.1 Å². The summed E-state index contributed by atoms with van der Waals surface area (Å²) in [6.45, 7) is 5.63. The van der Waals surface area contributed by atoms with Crippen LogP contribution in [0.1, 0.15) is 30.6 Å². The molecule has 0 spiro atoms. The second-order valence-electron chi connectivity index (χ2n) is 9.55. The molecule has 9 nitrogen and oxygen atoms in total. The Morgan fingerprint density at radius 1 is 1.11 bits per heavy atom. The molecular weight excluding hydrogens is 548 g/mol. The lowest BCUT2D eigenvalue weighted by molar-refractivity contribution is -0.0440. The first-order chi connectivity index (χ1) is 17.6. The summed E-state index contributed by atoms with van der Waals surface area (Å²) in [6.07, 6.45) is 0.408. The smallest absolute Gasteiger partial charge is 0.260 e. The zero-order valence-electron chi connectivity index (χ0n) is 22.3. The monoisotopic (exact) mass is 582 g/mol. The first-order valence-electron chi connectivity index (χ1n) is 12.3. The van der Waals surface area contributed by atoms with Crippen molar-refractivity contribution < 1.29 is 22.7 Å². The fourth-order valence-electron chi connectivity index (χ4n) is 4.37. The van der Waals surface area contributed by atoms with Crippen LogP contribution in [0.25, 0.3) is 10.2 Å². The molecule has 2 atom stereocenters. The number of amides is 1. The van der Waals surface area contributed by atoms with Crippen molar-refractivity contribution >= 4 is 55.0 Å². The zero-order chi connectivity index (χ0) is 26.7. The van der Waals surface area contributed by atoms with Gasteiger partial charge in [-0.3, -0.25) is 9.69 Å². The van der Waals surface area contributed by atoms with Crippen LogP contribution in [0.2, 0.25) is 0 Å². The Kier molecular flexibility index (Phi) is 10.1. The van der Waals surface area contributed by atoms with Crippen molar-refractivity contribution in [3.8, 4) is 5.75 Å². The molecule has 0 aliphatic carbocycles. The van der Waals surface area contributed by atoms with Gasteiger partial charge in [0.2, 0.25) is 10.0 Å². The fraction of sp³-hybridized carbons (Fsp3) is 0.462. The molecule has 0 N–H and O–H groups in total. The summed E-state index contributed by atoms with van der Waals surface area (Å²) >= 11 is 1.43. The molecule has 38 heavy (non-hydrogen) atoms. The molecule has 208 valence electrons. The van der Waals surface area contributed by atoms with Gasteiger partial charge in [0.1, 0.15) is 5.75 Å². The summed E-state index contributed by atoms with van der Waals surface area (Å²) in [5.74, 6) is 0.511. The van der Waals surface area contributed by atoms with Crippen molar-refractivity contribution in [2.75, 3.05) is 52.3 Å². The number of fused-ring (bicyclic) bond motifs is 1. The minimum absolute atomic E-state index is 0. The molecule has 12 heteroatoms. The first-order valence-corrected chi connectivity index (χ1v) is 14.5. The molecule has 2 aromatic carbocycles.